The fraction of sp³-hybridized carbons (Fsp3) is 0.308. The fourth-order valence-corrected chi connectivity index (χ4v) is 2.64. The third kappa shape index (κ3) is 3.91. The van der Waals surface area contributed by atoms with Gasteiger partial charge in [0.1, 0.15) is 5.69 Å². The van der Waals surface area contributed by atoms with Crippen molar-refractivity contribution in [2.24, 2.45) is 0 Å². The average molecular weight is 340 g/mol. The molecule has 19 heavy (non-hydrogen) atoms. The first-order valence-corrected chi connectivity index (χ1v) is 7.78. The molecule has 0 radical (unpaired) electrons. The molecule has 0 aliphatic carbocycles. The van der Waals surface area contributed by atoms with E-state index in [1.807, 2.05) is 31.2 Å². The summed E-state index contributed by atoms with van der Waals surface area (Å²) in [5.74, 6) is 0.463. The Morgan fingerprint density at radius 3 is 2.79 bits per heavy atom. The Balaban J connectivity index is 1.97. The van der Waals surface area contributed by atoms with Crippen LogP contribution in [0.3, 0.4) is 0 Å². The summed E-state index contributed by atoms with van der Waals surface area (Å²) in [6.45, 7) is 2.77. The van der Waals surface area contributed by atoms with E-state index in [2.05, 4.69) is 26.2 Å². The number of aryl methyl sites for hydroxylation is 1. The molecule has 1 heterocycles. The third-order valence-electron chi connectivity index (χ3n) is 2.52. The zero-order chi connectivity index (χ0) is 13.7. The number of ketones is 1. The molecule has 100 valence electrons. The van der Waals surface area contributed by atoms with Crippen molar-refractivity contribution < 1.29 is 4.79 Å². The van der Waals surface area contributed by atoms with E-state index in [1.54, 1.807) is 10.9 Å². The number of carbonyl (C=O) groups is 1. The van der Waals surface area contributed by atoms with Crippen molar-refractivity contribution in [3.63, 3.8) is 0 Å². The van der Waals surface area contributed by atoms with Crippen LogP contribution in [0.5, 0.6) is 0 Å². The number of halogens is 1. The predicted octanol–water partition coefficient (Wildman–Crippen LogP) is 3.43. The second kappa shape index (κ2) is 6.86. The molecule has 2 aromatic rings. The lowest BCUT2D eigenvalue weighted by Gasteiger charge is -2.04. The number of hydrogen-bond donors (Lipinski definition) is 0. The van der Waals surface area contributed by atoms with Crippen molar-refractivity contribution in [2.45, 2.75) is 24.8 Å². The molecule has 1 aromatic carbocycles. The highest BCUT2D eigenvalue weighted by Crippen LogP contribution is 2.21. The van der Waals surface area contributed by atoms with Gasteiger partial charge in [0.05, 0.1) is 11.9 Å². The molecule has 0 unspecified atom stereocenters. The van der Waals surface area contributed by atoms with Crippen LogP contribution in [-0.4, -0.2) is 26.5 Å². The first-order valence-electron chi connectivity index (χ1n) is 6.00. The topological polar surface area (TPSA) is 47.8 Å². The monoisotopic (exact) mass is 339 g/mol. The van der Waals surface area contributed by atoms with Crippen LogP contribution < -0.4 is 0 Å². The molecule has 0 N–H and O–H groups in total. The molecule has 0 saturated carbocycles. The Hall–Kier alpha value is -1.14. The molecule has 0 amide bonds. The van der Waals surface area contributed by atoms with Gasteiger partial charge in [-0.05, 0) is 30.7 Å². The maximum Gasteiger partial charge on any atom is 0.192 e. The minimum Gasteiger partial charge on any atom is -0.291 e. The second-order valence-electron chi connectivity index (χ2n) is 4.01. The average Bonchev–Trinajstić information content (AvgIpc) is 2.86. The van der Waals surface area contributed by atoms with E-state index in [9.17, 15) is 4.79 Å². The lowest BCUT2D eigenvalue weighted by atomic mass is 10.3. The Morgan fingerprint density at radius 2 is 2.11 bits per heavy atom. The molecule has 0 saturated heterocycles. The lowest BCUT2D eigenvalue weighted by molar-refractivity contribution is 0.101. The van der Waals surface area contributed by atoms with Crippen LogP contribution in [0.1, 0.15) is 23.8 Å². The van der Waals surface area contributed by atoms with Gasteiger partial charge in [-0.1, -0.05) is 28.1 Å². The van der Waals surface area contributed by atoms with Crippen molar-refractivity contribution in [3.05, 3.63) is 40.6 Å². The molecular weight excluding hydrogens is 326 g/mol. The highest BCUT2D eigenvalue weighted by molar-refractivity contribution is 9.10. The highest BCUT2D eigenvalue weighted by atomic mass is 79.9. The van der Waals surface area contributed by atoms with Gasteiger partial charge in [-0.2, -0.15) is 0 Å². The molecule has 0 aliphatic heterocycles. The summed E-state index contributed by atoms with van der Waals surface area (Å²) in [7, 11) is 0. The van der Waals surface area contributed by atoms with Crippen molar-refractivity contribution in [1.29, 1.82) is 0 Å². The third-order valence-corrected chi connectivity index (χ3v) is 4.06. The summed E-state index contributed by atoms with van der Waals surface area (Å²) in [6.07, 6.45) is 2.48. The summed E-state index contributed by atoms with van der Waals surface area (Å²) in [5, 5.41) is 7.73. The summed E-state index contributed by atoms with van der Waals surface area (Å²) < 4.78 is 2.71. The SMILES string of the molecule is CCCn1nncc1C(=O)CSc1ccc(Br)cc1. The predicted molar refractivity (Wildman–Crippen MR) is 79.5 cm³/mol. The number of benzene rings is 1. The molecule has 0 bridgehead atoms. The van der Waals surface area contributed by atoms with Crippen LogP contribution in [0.4, 0.5) is 0 Å². The van der Waals surface area contributed by atoms with Crippen molar-refractivity contribution in [1.82, 2.24) is 15.0 Å². The number of thioether (sulfide) groups is 1. The summed E-state index contributed by atoms with van der Waals surface area (Å²) in [6, 6.07) is 7.92. The maximum atomic E-state index is 12.1. The van der Waals surface area contributed by atoms with Gasteiger partial charge in [0, 0.05) is 15.9 Å². The van der Waals surface area contributed by atoms with Crippen molar-refractivity contribution >= 4 is 33.5 Å². The number of aromatic nitrogens is 3. The molecule has 0 fully saturated rings. The van der Waals surface area contributed by atoms with Crippen LogP contribution >= 0.6 is 27.7 Å². The van der Waals surface area contributed by atoms with Crippen molar-refractivity contribution in [2.75, 3.05) is 5.75 Å². The van der Waals surface area contributed by atoms with Gasteiger partial charge in [-0.15, -0.1) is 16.9 Å². The largest absolute Gasteiger partial charge is 0.291 e. The van der Waals surface area contributed by atoms with E-state index < -0.39 is 0 Å². The van der Waals surface area contributed by atoms with Gasteiger partial charge in [0.15, 0.2) is 5.78 Å². The van der Waals surface area contributed by atoms with Crippen LogP contribution in [0.25, 0.3) is 0 Å². The molecule has 2 rings (SSSR count). The first kappa shape index (κ1) is 14.3. The fourth-order valence-electron chi connectivity index (χ4n) is 1.60. The highest BCUT2D eigenvalue weighted by Gasteiger charge is 2.13. The number of Topliss-reactive ketones (excluding diaryl/α,β-unsaturated/α-hetero) is 1. The summed E-state index contributed by atoms with van der Waals surface area (Å²) >= 11 is 4.91. The maximum absolute atomic E-state index is 12.1. The van der Waals surface area contributed by atoms with E-state index in [0.717, 1.165) is 22.3 Å². The standard InChI is InChI=1S/C13H14BrN3OS/c1-2-7-17-12(8-15-16-17)13(18)9-19-11-5-3-10(14)4-6-11/h3-6,8H,2,7,9H2,1H3. The molecule has 6 heteroatoms. The van der Waals surface area contributed by atoms with Gasteiger partial charge in [0.2, 0.25) is 0 Å². The van der Waals surface area contributed by atoms with Crippen molar-refractivity contribution in [3.8, 4) is 0 Å². The zero-order valence-electron chi connectivity index (χ0n) is 10.5. The minimum absolute atomic E-state index is 0.0615. The molecule has 4 nitrogen and oxygen atoms in total. The minimum atomic E-state index is 0.0615. The summed E-state index contributed by atoms with van der Waals surface area (Å²) in [4.78, 5) is 13.2. The smallest absolute Gasteiger partial charge is 0.192 e. The van der Waals surface area contributed by atoms with E-state index in [4.69, 9.17) is 0 Å². The molecule has 0 atom stereocenters. The number of carbonyl (C=O) groups excluding carboxylic acids is 1. The van der Waals surface area contributed by atoms with Gasteiger partial charge in [-0.25, -0.2) is 4.68 Å². The van der Waals surface area contributed by atoms with Gasteiger partial charge in [-0.3, -0.25) is 4.79 Å². The van der Waals surface area contributed by atoms with E-state index in [0.29, 0.717) is 11.4 Å². The number of nitrogens with zero attached hydrogens (tertiary/aromatic N) is 3. The molecule has 1 aromatic heterocycles. The second-order valence-corrected chi connectivity index (χ2v) is 5.97. The van der Waals surface area contributed by atoms with E-state index >= 15 is 0 Å². The molecule has 0 spiro atoms. The van der Waals surface area contributed by atoms with Gasteiger partial charge in [0.25, 0.3) is 0 Å². The van der Waals surface area contributed by atoms with Gasteiger partial charge >= 0.3 is 0 Å². The normalized spacial score (nSPS) is 10.6. The van der Waals surface area contributed by atoms with Crippen LogP contribution in [0.15, 0.2) is 39.8 Å². The number of rotatable bonds is 6. The van der Waals surface area contributed by atoms with Crippen LogP contribution in [-0.2, 0) is 6.54 Å². The number of hydrogen-bond acceptors (Lipinski definition) is 4. The van der Waals surface area contributed by atoms with Crippen LogP contribution in [0, 0.1) is 0 Å². The van der Waals surface area contributed by atoms with E-state index in [1.165, 1.54) is 11.8 Å². The zero-order valence-corrected chi connectivity index (χ0v) is 12.9. The first-order chi connectivity index (χ1) is 9.20. The quantitative estimate of drug-likeness (QED) is 0.597. The Kier molecular flexibility index (Phi) is 5.15. The Morgan fingerprint density at radius 1 is 1.37 bits per heavy atom. The lowest BCUT2D eigenvalue weighted by Crippen LogP contribution is -2.12. The van der Waals surface area contributed by atoms with Crippen LogP contribution in [0.2, 0.25) is 0 Å². The molecular formula is C13H14BrN3OS. The molecule has 0 aliphatic rings. The Bertz CT molecular complexity index is 553. The summed E-state index contributed by atoms with van der Waals surface area (Å²) in [5.41, 5.74) is 0.589. The Labute approximate surface area is 124 Å². The van der Waals surface area contributed by atoms with E-state index in [-0.39, 0.29) is 5.78 Å². The van der Waals surface area contributed by atoms with Gasteiger partial charge < -0.3 is 0 Å².